The molecule has 6 nitrogen and oxygen atoms in total. The van der Waals surface area contributed by atoms with Crippen LogP contribution in [0.5, 0.6) is 0 Å². The van der Waals surface area contributed by atoms with Gasteiger partial charge < -0.3 is 5.32 Å². The molecule has 2 aromatic rings. The Balaban J connectivity index is 2.17. The summed E-state index contributed by atoms with van der Waals surface area (Å²) in [5.41, 5.74) is 1.45. The second-order valence-electron chi connectivity index (χ2n) is 5.43. The molecule has 0 aliphatic heterocycles. The maximum Gasteiger partial charge on any atom is 0.209 e. The number of nitrogens with one attached hydrogen (secondary N) is 2. The number of aromatic nitrogens is 2. The maximum absolute atomic E-state index is 11.3. The van der Waals surface area contributed by atoms with Crippen LogP contribution in [-0.4, -0.2) is 36.7 Å². The molecule has 0 saturated heterocycles. The summed E-state index contributed by atoms with van der Waals surface area (Å²) in [5, 5.41) is 5.23. The third-order valence-electron chi connectivity index (χ3n) is 2.69. The minimum atomic E-state index is -3.24. The van der Waals surface area contributed by atoms with Crippen molar-refractivity contribution in [3.8, 4) is 0 Å². The molecule has 110 valence electrons. The van der Waals surface area contributed by atoms with Gasteiger partial charge in [0.15, 0.2) is 0 Å². The van der Waals surface area contributed by atoms with Crippen LogP contribution in [0.3, 0.4) is 0 Å². The molecule has 2 aromatic heterocycles. The number of nitrogens with zero attached hydrogens (tertiary/aromatic N) is 2. The van der Waals surface area contributed by atoms with Crippen molar-refractivity contribution in [1.29, 1.82) is 0 Å². The Bertz CT molecular complexity index is 722. The number of hydrogen-bond donors (Lipinski definition) is 2. The van der Waals surface area contributed by atoms with Gasteiger partial charge in [-0.2, -0.15) is 0 Å². The fourth-order valence-electron chi connectivity index (χ4n) is 1.94. The predicted molar refractivity (Wildman–Crippen MR) is 82.7 cm³/mol. The van der Waals surface area contributed by atoms with E-state index in [1.54, 1.807) is 11.3 Å². The Morgan fingerprint density at radius 2 is 2.05 bits per heavy atom. The van der Waals surface area contributed by atoms with Crippen molar-refractivity contribution in [3.05, 3.63) is 17.3 Å². The topological polar surface area (TPSA) is 84.0 Å². The van der Waals surface area contributed by atoms with Crippen LogP contribution in [0.4, 0.5) is 5.82 Å². The number of rotatable bonds is 5. The molecule has 8 heteroatoms. The standard InChI is InChI=1S/C12H18N4O2S2/c1-8-5-19-10-9(8)14-7-15-11(10)13-6-12(2,3)16-20(4,17)18/h5,7,16H,6H2,1-4H3,(H,13,14,15). The highest BCUT2D eigenvalue weighted by Gasteiger charge is 2.22. The number of hydrogen-bond acceptors (Lipinski definition) is 6. The quantitative estimate of drug-likeness (QED) is 0.878. The highest BCUT2D eigenvalue weighted by molar-refractivity contribution is 7.88. The minimum Gasteiger partial charge on any atom is -0.367 e. The average Bonchev–Trinajstić information content (AvgIpc) is 2.66. The van der Waals surface area contributed by atoms with Crippen LogP contribution >= 0.6 is 11.3 Å². The van der Waals surface area contributed by atoms with Crippen LogP contribution in [0.25, 0.3) is 10.2 Å². The number of thiophene rings is 1. The van der Waals surface area contributed by atoms with Crippen LogP contribution in [0.15, 0.2) is 11.7 Å². The van der Waals surface area contributed by atoms with E-state index >= 15 is 0 Å². The zero-order chi connectivity index (χ0) is 15.0. The van der Waals surface area contributed by atoms with Crippen LogP contribution in [0.2, 0.25) is 0 Å². The summed E-state index contributed by atoms with van der Waals surface area (Å²) in [5.74, 6) is 0.733. The summed E-state index contributed by atoms with van der Waals surface area (Å²) >= 11 is 1.58. The van der Waals surface area contributed by atoms with E-state index in [1.807, 2.05) is 26.2 Å². The number of anilines is 1. The van der Waals surface area contributed by atoms with Crippen molar-refractivity contribution in [2.24, 2.45) is 0 Å². The Labute approximate surface area is 122 Å². The third kappa shape index (κ3) is 3.65. The van der Waals surface area contributed by atoms with E-state index < -0.39 is 15.6 Å². The van der Waals surface area contributed by atoms with Crippen molar-refractivity contribution in [2.75, 3.05) is 18.1 Å². The van der Waals surface area contributed by atoms with E-state index in [2.05, 4.69) is 20.0 Å². The summed E-state index contributed by atoms with van der Waals surface area (Å²) in [6, 6.07) is 0. The van der Waals surface area contributed by atoms with Gasteiger partial charge in [0.1, 0.15) is 12.1 Å². The lowest BCUT2D eigenvalue weighted by Crippen LogP contribution is -2.47. The fraction of sp³-hybridized carbons (Fsp3) is 0.500. The third-order valence-corrected chi connectivity index (χ3v) is 4.71. The Kier molecular flexibility index (Phi) is 3.99. The first-order valence-corrected chi connectivity index (χ1v) is 8.87. The van der Waals surface area contributed by atoms with Gasteiger partial charge in [0.25, 0.3) is 0 Å². The molecule has 0 radical (unpaired) electrons. The first kappa shape index (κ1) is 15.1. The molecule has 0 unspecified atom stereocenters. The van der Waals surface area contributed by atoms with Gasteiger partial charge in [-0.3, -0.25) is 0 Å². The maximum atomic E-state index is 11.3. The molecule has 0 aliphatic rings. The van der Waals surface area contributed by atoms with Crippen LogP contribution in [-0.2, 0) is 10.0 Å². The van der Waals surface area contributed by atoms with Gasteiger partial charge in [0, 0.05) is 12.1 Å². The molecule has 0 aromatic carbocycles. The first-order chi connectivity index (χ1) is 9.18. The van der Waals surface area contributed by atoms with Crippen LogP contribution in [0, 0.1) is 6.92 Å². The lowest BCUT2D eigenvalue weighted by atomic mass is 10.1. The van der Waals surface area contributed by atoms with Crippen molar-refractivity contribution in [3.63, 3.8) is 0 Å². The predicted octanol–water partition coefficient (Wildman–Crippen LogP) is 1.74. The molecule has 0 amide bonds. The minimum absolute atomic E-state index is 0.434. The molecule has 0 fully saturated rings. The zero-order valence-corrected chi connectivity index (χ0v) is 13.5. The molecule has 2 N–H and O–H groups in total. The lowest BCUT2D eigenvalue weighted by Gasteiger charge is -2.25. The Morgan fingerprint density at radius 3 is 2.70 bits per heavy atom. The highest BCUT2D eigenvalue weighted by atomic mass is 32.2. The van der Waals surface area contributed by atoms with Gasteiger partial charge in [-0.05, 0) is 31.7 Å². The van der Waals surface area contributed by atoms with Crippen molar-refractivity contribution in [2.45, 2.75) is 26.3 Å². The highest BCUT2D eigenvalue weighted by Crippen LogP contribution is 2.28. The van der Waals surface area contributed by atoms with E-state index in [0.717, 1.165) is 27.9 Å². The average molecular weight is 314 g/mol. The molecule has 20 heavy (non-hydrogen) atoms. The second kappa shape index (κ2) is 5.27. The molecule has 0 atom stereocenters. The number of sulfonamides is 1. The largest absolute Gasteiger partial charge is 0.367 e. The Morgan fingerprint density at radius 1 is 1.35 bits per heavy atom. The van der Waals surface area contributed by atoms with Crippen molar-refractivity contribution < 1.29 is 8.42 Å². The van der Waals surface area contributed by atoms with Gasteiger partial charge in [-0.25, -0.2) is 23.1 Å². The van der Waals surface area contributed by atoms with Gasteiger partial charge in [0.2, 0.25) is 10.0 Å². The number of fused-ring (bicyclic) bond motifs is 1. The molecule has 2 heterocycles. The van der Waals surface area contributed by atoms with Gasteiger partial charge in [0.05, 0.1) is 16.5 Å². The van der Waals surface area contributed by atoms with Crippen LogP contribution in [0.1, 0.15) is 19.4 Å². The summed E-state index contributed by atoms with van der Waals surface area (Å²) in [6.45, 7) is 6.08. The van der Waals surface area contributed by atoms with E-state index in [0.29, 0.717) is 6.54 Å². The normalized spacial score (nSPS) is 12.8. The first-order valence-electron chi connectivity index (χ1n) is 6.09. The van der Waals surface area contributed by atoms with Crippen LogP contribution < -0.4 is 10.0 Å². The Hall–Kier alpha value is -1.25. The van der Waals surface area contributed by atoms with E-state index in [1.165, 1.54) is 6.33 Å². The molecule has 0 spiro atoms. The smallest absolute Gasteiger partial charge is 0.209 e. The summed E-state index contributed by atoms with van der Waals surface area (Å²) in [7, 11) is -3.24. The lowest BCUT2D eigenvalue weighted by molar-refractivity contribution is 0.476. The molecular weight excluding hydrogens is 296 g/mol. The van der Waals surface area contributed by atoms with Gasteiger partial charge in [-0.15, -0.1) is 11.3 Å². The van der Waals surface area contributed by atoms with Crippen molar-refractivity contribution in [1.82, 2.24) is 14.7 Å². The summed E-state index contributed by atoms with van der Waals surface area (Å²) < 4.78 is 26.2. The van der Waals surface area contributed by atoms with Gasteiger partial charge >= 0.3 is 0 Å². The molecule has 0 aliphatic carbocycles. The molecule has 2 rings (SSSR count). The molecule has 0 saturated carbocycles. The SMILES string of the molecule is Cc1csc2c(NCC(C)(C)NS(C)(=O)=O)ncnc12. The monoisotopic (exact) mass is 314 g/mol. The van der Waals surface area contributed by atoms with E-state index in [4.69, 9.17) is 0 Å². The van der Waals surface area contributed by atoms with Gasteiger partial charge in [-0.1, -0.05) is 0 Å². The fourth-order valence-corrected chi connectivity index (χ4v) is 3.98. The second-order valence-corrected chi connectivity index (χ2v) is 8.06. The summed E-state index contributed by atoms with van der Waals surface area (Å²) in [4.78, 5) is 8.48. The number of aryl methyl sites for hydroxylation is 1. The molecule has 0 bridgehead atoms. The van der Waals surface area contributed by atoms with E-state index in [9.17, 15) is 8.42 Å². The van der Waals surface area contributed by atoms with E-state index in [-0.39, 0.29) is 0 Å². The zero-order valence-electron chi connectivity index (χ0n) is 11.9. The summed E-state index contributed by atoms with van der Waals surface area (Å²) in [6.07, 6.45) is 2.67. The molecular formula is C12H18N4O2S2. The van der Waals surface area contributed by atoms with Crippen molar-refractivity contribution >= 4 is 37.4 Å².